The van der Waals surface area contributed by atoms with Crippen molar-refractivity contribution in [3.8, 4) is 0 Å². The summed E-state index contributed by atoms with van der Waals surface area (Å²) in [4.78, 5) is 7.35. The van der Waals surface area contributed by atoms with Gasteiger partial charge in [0.2, 0.25) is 0 Å². The Kier molecular flexibility index (Phi) is 3.53. The summed E-state index contributed by atoms with van der Waals surface area (Å²) in [5.74, 6) is 0.490. The Hall–Kier alpha value is -1.13. The third kappa shape index (κ3) is 2.91. The summed E-state index contributed by atoms with van der Waals surface area (Å²) in [6.07, 6.45) is 5.82. The minimum absolute atomic E-state index is 0.490. The number of hydrogen-bond donors (Lipinski definition) is 2. The lowest BCUT2D eigenvalue weighted by Gasteiger charge is -2.08. The van der Waals surface area contributed by atoms with E-state index in [4.69, 9.17) is 0 Å². The van der Waals surface area contributed by atoms with Gasteiger partial charge in [-0.2, -0.15) is 0 Å². The van der Waals surface area contributed by atoms with Crippen molar-refractivity contribution in [2.24, 2.45) is 0 Å². The summed E-state index contributed by atoms with van der Waals surface area (Å²) in [5, 5.41) is 6.65. The summed E-state index contributed by atoms with van der Waals surface area (Å²) < 4.78 is 0. The Balaban J connectivity index is 1.74. The highest BCUT2D eigenvalue weighted by atomic mass is 32.1. The Morgan fingerprint density at radius 3 is 3.20 bits per heavy atom. The lowest BCUT2D eigenvalue weighted by atomic mass is 10.2. The van der Waals surface area contributed by atoms with Crippen molar-refractivity contribution in [1.82, 2.24) is 15.3 Å². The van der Waals surface area contributed by atoms with Crippen molar-refractivity contribution < 1.29 is 0 Å². The molecule has 2 heterocycles. The second-order valence-corrected chi connectivity index (χ2v) is 4.55. The van der Waals surface area contributed by atoms with E-state index in [0.717, 1.165) is 13.1 Å². The van der Waals surface area contributed by atoms with E-state index in [1.807, 2.05) is 24.0 Å². The normalized spacial score (nSPS) is 12.9. The van der Waals surface area contributed by atoms with Gasteiger partial charge in [0, 0.05) is 43.0 Å². The average molecular weight is 221 g/mol. The van der Waals surface area contributed by atoms with Gasteiger partial charge in [-0.05, 0) is 11.6 Å². The Bertz CT molecular complexity index is 366. The topological polar surface area (TPSA) is 40.7 Å². The molecule has 2 aromatic heterocycles. The summed E-state index contributed by atoms with van der Waals surface area (Å²) in [7, 11) is 0. The van der Waals surface area contributed by atoms with Gasteiger partial charge in [0.05, 0.1) is 5.01 Å². The van der Waals surface area contributed by atoms with Crippen molar-refractivity contribution in [3.05, 3.63) is 40.6 Å². The molecule has 4 heteroatoms. The second-order valence-electron chi connectivity index (χ2n) is 3.62. The second kappa shape index (κ2) is 5.09. The fourth-order valence-electron chi connectivity index (χ4n) is 1.47. The fourth-order valence-corrected chi connectivity index (χ4v) is 2.17. The molecule has 0 amide bonds. The molecule has 1 atom stereocenters. The van der Waals surface area contributed by atoms with Gasteiger partial charge in [-0.3, -0.25) is 0 Å². The van der Waals surface area contributed by atoms with Crippen LogP contribution in [0.5, 0.6) is 0 Å². The molecule has 0 radical (unpaired) electrons. The lowest BCUT2D eigenvalue weighted by molar-refractivity contribution is 0.613. The standard InChI is InChI=1S/C11H15N3S/c1-9(11-14-4-5-15-11)6-13-8-10-2-3-12-7-10/h2-5,7,9,12-13H,6,8H2,1H3. The predicted molar refractivity (Wildman–Crippen MR) is 63.0 cm³/mol. The zero-order chi connectivity index (χ0) is 10.5. The van der Waals surface area contributed by atoms with Crippen LogP contribution in [0.3, 0.4) is 0 Å². The van der Waals surface area contributed by atoms with E-state index in [0.29, 0.717) is 5.92 Å². The zero-order valence-corrected chi connectivity index (χ0v) is 9.55. The number of aromatic amines is 1. The minimum Gasteiger partial charge on any atom is -0.367 e. The van der Waals surface area contributed by atoms with E-state index in [-0.39, 0.29) is 0 Å². The highest BCUT2D eigenvalue weighted by molar-refractivity contribution is 7.09. The third-order valence-corrected chi connectivity index (χ3v) is 3.32. The van der Waals surface area contributed by atoms with Crippen LogP contribution in [-0.4, -0.2) is 16.5 Å². The molecule has 3 nitrogen and oxygen atoms in total. The molecule has 0 saturated heterocycles. The molecule has 0 aliphatic heterocycles. The van der Waals surface area contributed by atoms with Crippen molar-refractivity contribution in [2.45, 2.75) is 19.4 Å². The molecule has 0 aliphatic carbocycles. The molecular formula is C11H15N3S. The summed E-state index contributed by atoms with van der Waals surface area (Å²) in [5.41, 5.74) is 1.29. The molecular weight excluding hydrogens is 206 g/mol. The number of hydrogen-bond acceptors (Lipinski definition) is 3. The van der Waals surface area contributed by atoms with Crippen LogP contribution in [0, 0.1) is 0 Å². The van der Waals surface area contributed by atoms with Crippen LogP contribution in [0.4, 0.5) is 0 Å². The number of thiazole rings is 1. The Morgan fingerprint density at radius 1 is 1.60 bits per heavy atom. The van der Waals surface area contributed by atoms with Gasteiger partial charge in [-0.1, -0.05) is 6.92 Å². The first-order valence-corrected chi connectivity index (χ1v) is 5.96. The Morgan fingerprint density at radius 2 is 2.53 bits per heavy atom. The third-order valence-electron chi connectivity index (χ3n) is 2.32. The lowest BCUT2D eigenvalue weighted by Crippen LogP contribution is -2.19. The van der Waals surface area contributed by atoms with E-state index in [2.05, 4.69) is 28.3 Å². The van der Waals surface area contributed by atoms with Crippen molar-refractivity contribution >= 4 is 11.3 Å². The highest BCUT2D eigenvalue weighted by Crippen LogP contribution is 2.16. The number of nitrogens with zero attached hydrogens (tertiary/aromatic N) is 1. The van der Waals surface area contributed by atoms with Crippen LogP contribution in [0.25, 0.3) is 0 Å². The Labute approximate surface area is 93.6 Å². The SMILES string of the molecule is CC(CNCc1cc[nH]c1)c1nccs1. The van der Waals surface area contributed by atoms with Crippen LogP contribution in [0.2, 0.25) is 0 Å². The molecule has 2 N–H and O–H groups in total. The average Bonchev–Trinajstić information content (AvgIpc) is 2.90. The number of aromatic nitrogens is 2. The predicted octanol–water partition coefficient (Wildman–Crippen LogP) is 2.36. The molecule has 15 heavy (non-hydrogen) atoms. The molecule has 0 aromatic carbocycles. The van der Waals surface area contributed by atoms with E-state index >= 15 is 0 Å². The quantitative estimate of drug-likeness (QED) is 0.813. The van der Waals surface area contributed by atoms with Crippen LogP contribution in [-0.2, 0) is 6.54 Å². The van der Waals surface area contributed by atoms with Crippen molar-refractivity contribution in [1.29, 1.82) is 0 Å². The zero-order valence-electron chi connectivity index (χ0n) is 8.73. The van der Waals surface area contributed by atoms with Crippen LogP contribution < -0.4 is 5.32 Å². The molecule has 0 saturated carbocycles. The van der Waals surface area contributed by atoms with Gasteiger partial charge in [0.25, 0.3) is 0 Å². The van der Waals surface area contributed by atoms with Crippen LogP contribution in [0.15, 0.2) is 30.0 Å². The summed E-state index contributed by atoms with van der Waals surface area (Å²) >= 11 is 1.72. The maximum atomic E-state index is 4.30. The van der Waals surface area contributed by atoms with Crippen LogP contribution in [0.1, 0.15) is 23.4 Å². The van der Waals surface area contributed by atoms with Gasteiger partial charge in [0.1, 0.15) is 0 Å². The molecule has 0 aliphatic rings. The summed E-state index contributed by atoms with van der Waals surface area (Å²) in [6.45, 7) is 4.08. The number of H-pyrrole nitrogens is 1. The molecule has 2 aromatic rings. The van der Waals surface area contributed by atoms with Gasteiger partial charge in [-0.25, -0.2) is 4.98 Å². The minimum atomic E-state index is 0.490. The molecule has 0 bridgehead atoms. The van der Waals surface area contributed by atoms with Gasteiger partial charge in [-0.15, -0.1) is 11.3 Å². The number of nitrogens with one attached hydrogen (secondary N) is 2. The maximum Gasteiger partial charge on any atom is 0.0965 e. The smallest absolute Gasteiger partial charge is 0.0965 e. The van der Waals surface area contributed by atoms with Gasteiger partial charge in [0.15, 0.2) is 0 Å². The van der Waals surface area contributed by atoms with E-state index in [9.17, 15) is 0 Å². The first-order chi connectivity index (χ1) is 7.36. The fraction of sp³-hybridized carbons (Fsp3) is 0.364. The molecule has 1 unspecified atom stereocenters. The van der Waals surface area contributed by atoms with E-state index < -0.39 is 0 Å². The molecule has 0 spiro atoms. The first-order valence-electron chi connectivity index (χ1n) is 5.08. The molecule has 0 fully saturated rings. The number of rotatable bonds is 5. The maximum absolute atomic E-state index is 4.30. The largest absolute Gasteiger partial charge is 0.367 e. The first kappa shape index (κ1) is 10.4. The molecule has 2 rings (SSSR count). The monoisotopic (exact) mass is 221 g/mol. The van der Waals surface area contributed by atoms with Crippen molar-refractivity contribution in [3.63, 3.8) is 0 Å². The summed E-state index contributed by atoms with van der Waals surface area (Å²) in [6, 6.07) is 2.08. The van der Waals surface area contributed by atoms with E-state index in [1.165, 1.54) is 10.6 Å². The van der Waals surface area contributed by atoms with Gasteiger partial charge >= 0.3 is 0 Å². The van der Waals surface area contributed by atoms with Crippen LogP contribution >= 0.6 is 11.3 Å². The highest BCUT2D eigenvalue weighted by Gasteiger charge is 2.06. The van der Waals surface area contributed by atoms with Crippen molar-refractivity contribution in [2.75, 3.05) is 6.54 Å². The molecule has 80 valence electrons. The van der Waals surface area contributed by atoms with Gasteiger partial charge < -0.3 is 10.3 Å². The van der Waals surface area contributed by atoms with E-state index in [1.54, 1.807) is 11.3 Å².